The maximum atomic E-state index is 13.5. The molecule has 1 aliphatic rings. The van der Waals surface area contributed by atoms with E-state index in [2.05, 4.69) is 15.5 Å². The molecule has 0 saturated carbocycles. The molecular formula is C23H23FN4O3. The van der Waals surface area contributed by atoms with Crippen LogP contribution in [-0.2, 0) is 11.3 Å². The molecule has 0 spiro atoms. The quantitative estimate of drug-likeness (QED) is 0.680. The van der Waals surface area contributed by atoms with E-state index in [1.54, 1.807) is 29.2 Å². The Balaban J connectivity index is 1.42. The summed E-state index contributed by atoms with van der Waals surface area (Å²) < 4.78 is 18.9. The lowest BCUT2D eigenvalue weighted by atomic mass is 9.97. The highest BCUT2D eigenvalue weighted by atomic mass is 19.1. The zero-order valence-corrected chi connectivity index (χ0v) is 17.2. The second-order valence-corrected chi connectivity index (χ2v) is 7.66. The van der Waals surface area contributed by atoms with Crippen LogP contribution >= 0.6 is 0 Å². The molecule has 31 heavy (non-hydrogen) atoms. The van der Waals surface area contributed by atoms with Crippen molar-refractivity contribution in [2.75, 3.05) is 13.1 Å². The van der Waals surface area contributed by atoms with Crippen molar-refractivity contribution in [2.45, 2.75) is 32.2 Å². The summed E-state index contributed by atoms with van der Waals surface area (Å²) in [5, 5.41) is 6.72. The van der Waals surface area contributed by atoms with E-state index in [-0.39, 0.29) is 23.5 Å². The zero-order valence-electron chi connectivity index (χ0n) is 17.2. The number of piperidine rings is 1. The molecule has 2 heterocycles. The van der Waals surface area contributed by atoms with E-state index in [1.807, 2.05) is 12.1 Å². The third-order valence-corrected chi connectivity index (χ3v) is 5.32. The fourth-order valence-electron chi connectivity index (χ4n) is 3.68. The molecule has 3 aromatic rings. The van der Waals surface area contributed by atoms with Crippen molar-refractivity contribution >= 4 is 11.8 Å². The standard InChI is InChI=1S/C23H23FN4O3/c1-15(29)25-13-16-7-9-17(10-8-16)23(30)28-11-3-5-19(14-28)22-26-21(27-31-22)18-4-2-6-20(24)12-18/h2,4,6-10,12,19H,3,5,11,13-14H2,1H3,(H,25,29). The van der Waals surface area contributed by atoms with Crippen LogP contribution in [0.1, 0.15) is 47.5 Å². The molecule has 1 saturated heterocycles. The maximum absolute atomic E-state index is 13.5. The second-order valence-electron chi connectivity index (χ2n) is 7.66. The van der Waals surface area contributed by atoms with Crippen LogP contribution in [0.2, 0.25) is 0 Å². The van der Waals surface area contributed by atoms with Gasteiger partial charge in [-0.15, -0.1) is 0 Å². The number of nitrogens with zero attached hydrogens (tertiary/aromatic N) is 3. The zero-order chi connectivity index (χ0) is 21.8. The van der Waals surface area contributed by atoms with Crippen LogP contribution in [0.5, 0.6) is 0 Å². The third kappa shape index (κ3) is 4.96. The third-order valence-electron chi connectivity index (χ3n) is 5.32. The van der Waals surface area contributed by atoms with Crippen LogP contribution < -0.4 is 5.32 Å². The van der Waals surface area contributed by atoms with Gasteiger partial charge in [0.05, 0.1) is 5.92 Å². The predicted octanol–water partition coefficient (Wildman–Crippen LogP) is 3.53. The lowest BCUT2D eigenvalue weighted by molar-refractivity contribution is -0.119. The molecule has 0 aliphatic carbocycles. The van der Waals surface area contributed by atoms with Gasteiger partial charge < -0.3 is 14.7 Å². The molecule has 7 nitrogen and oxygen atoms in total. The van der Waals surface area contributed by atoms with Gasteiger partial charge in [0.25, 0.3) is 5.91 Å². The first kappa shape index (κ1) is 20.7. The summed E-state index contributed by atoms with van der Waals surface area (Å²) in [6.45, 7) is 3.04. The number of carbonyl (C=O) groups excluding carboxylic acids is 2. The molecule has 4 rings (SSSR count). The minimum Gasteiger partial charge on any atom is -0.352 e. The average molecular weight is 422 g/mol. The average Bonchev–Trinajstić information content (AvgIpc) is 3.28. The number of aromatic nitrogens is 2. The fourth-order valence-corrected chi connectivity index (χ4v) is 3.68. The fraction of sp³-hybridized carbons (Fsp3) is 0.304. The number of rotatable bonds is 5. The molecule has 1 N–H and O–H groups in total. The van der Waals surface area contributed by atoms with Crippen molar-refractivity contribution in [3.05, 3.63) is 71.4 Å². The highest BCUT2D eigenvalue weighted by Gasteiger charge is 2.29. The normalized spacial score (nSPS) is 16.2. The maximum Gasteiger partial charge on any atom is 0.253 e. The van der Waals surface area contributed by atoms with Crippen molar-refractivity contribution in [3.63, 3.8) is 0 Å². The summed E-state index contributed by atoms with van der Waals surface area (Å²) in [7, 11) is 0. The molecule has 1 aromatic heterocycles. The number of amides is 2. The molecule has 0 bridgehead atoms. The Hall–Kier alpha value is -3.55. The van der Waals surface area contributed by atoms with Gasteiger partial charge in [0.15, 0.2) is 0 Å². The van der Waals surface area contributed by atoms with E-state index in [1.165, 1.54) is 19.1 Å². The van der Waals surface area contributed by atoms with Gasteiger partial charge in [0, 0.05) is 37.7 Å². The smallest absolute Gasteiger partial charge is 0.253 e. The Kier molecular flexibility index (Phi) is 6.06. The van der Waals surface area contributed by atoms with E-state index in [9.17, 15) is 14.0 Å². The van der Waals surface area contributed by atoms with Crippen molar-refractivity contribution in [1.82, 2.24) is 20.4 Å². The summed E-state index contributed by atoms with van der Waals surface area (Å²) in [6.07, 6.45) is 1.67. The van der Waals surface area contributed by atoms with Crippen LogP contribution in [0, 0.1) is 5.82 Å². The van der Waals surface area contributed by atoms with Gasteiger partial charge in [0.2, 0.25) is 17.6 Å². The number of hydrogen-bond donors (Lipinski definition) is 1. The summed E-state index contributed by atoms with van der Waals surface area (Å²) in [5.74, 6) is 0.227. The first-order valence-corrected chi connectivity index (χ1v) is 10.2. The van der Waals surface area contributed by atoms with Crippen LogP contribution in [0.3, 0.4) is 0 Å². The Labute approximate surface area is 179 Å². The highest BCUT2D eigenvalue weighted by Crippen LogP contribution is 2.28. The Bertz CT molecular complexity index is 1080. The van der Waals surface area contributed by atoms with Gasteiger partial charge in [-0.3, -0.25) is 9.59 Å². The highest BCUT2D eigenvalue weighted by molar-refractivity contribution is 5.94. The van der Waals surface area contributed by atoms with Gasteiger partial charge in [-0.1, -0.05) is 29.4 Å². The first-order valence-electron chi connectivity index (χ1n) is 10.2. The van der Waals surface area contributed by atoms with Crippen LogP contribution in [0.15, 0.2) is 53.1 Å². The molecule has 2 aromatic carbocycles. The van der Waals surface area contributed by atoms with E-state index in [0.717, 1.165) is 18.4 Å². The predicted molar refractivity (Wildman–Crippen MR) is 112 cm³/mol. The molecule has 0 radical (unpaired) electrons. The summed E-state index contributed by atoms with van der Waals surface area (Å²) in [4.78, 5) is 30.2. The van der Waals surface area contributed by atoms with E-state index in [0.29, 0.717) is 42.5 Å². The van der Waals surface area contributed by atoms with Gasteiger partial charge in [-0.05, 0) is 42.7 Å². The second kappa shape index (κ2) is 9.07. The lowest BCUT2D eigenvalue weighted by Crippen LogP contribution is -2.39. The van der Waals surface area contributed by atoms with Crippen LogP contribution in [-0.4, -0.2) is 39.9 Å². The van der Waals surface area contributed by atoms with Crippen molar-refractivity contribution < 1.29 is 18.5 Å². The summed E-state index contributed by atoms with van der Waals surface area (Å²) >= 11 is 0. The molecule has 1 fully saturated rings. The van der Waals surface area contributed by atoms with Crippen molar-refractivity contribution in [2.24, 2.45) is 0 Å². The topological polar surface area (TPSA) is 88.3 Å². The van der Waals surface area contributed by atoms with Crippen LogP contribution in [0.4, 0.5) is 4.39 Å². The molecule has 1 aliphatic heterocycles. The van der Waals surface area contributed by atoms with Crippen molar-refractivity contribution in [1.29, 1.82) is 0 Å². The largest absolute Gasteiger partial charge is 0.352 e. The number of nitrogens with one attached hydrogen (secondary N) is 1. The van der Waals surface area contributed by atoms with E-state index >= 15 is 0 Å². The SMILES string of the molecule is CC(=O)NCc1ccc(C(=O)N2CCCC(c3nc(-c4cccc(F)c4)no3)C2)cc1. The molecular weight excluding hydrogens is 399 g/mol. The minimum atomic E-state index is -0.360. The molecule has 160 valence electrons. The molecule has 2 amide bonds. The Morgan fingerprint density at radius 1 is 1.23 bits per heavy atom. The van der Waals surface area contributed by atoms with Gasteiger partial charge in [-0.2, -0.15) is 4.98 Å². The number of carbonyl (C=O) groups is 2. The first-order chi connectivity index (χ1) is 15.0. The summed E-state index contributed by atoms with van der Waals surface area (Å²) in [6, 6.07) is 13.3. The number of halogens is 1. The van der Waals surface area contributed by atoms with Crippen LogP contribution in [0.25, 0.3) is 11.4 Å². The number of likely N-dealkylation sites (tertiary alicyclic amines) is 1. The monoisotopic (exact) mass is 422 g/mol. The lowest BCUT2D eigenvalue weighted by Gasteiger charge is -2.31. The molecule has 1 atom stereocenters. The van der Waals surface area contributed by atoms with Gasteiger partial charge in [0.1, 0.15) is 5.82 Å². The van der Waals surface area contributed by atoms with Gasteiger partial charge in [-0.25, -0.2) is 4.39 Å². The van der Waals surface area contributed by atoms with E-state index in [4.69, 9.17) is 4.52 Å². The Morgan fingerprint density at radius 3 is 2.77 bits per heavy atom. The van der Waals surface area contributed by atoms with Crippen molar-refractivity contribution in [3.8, 4) is 11.4 Å². The minimum absolute atomic E-state index is 0.0550. The van der Waals surface area contributed by atoms with E-state index < -0.39 is 0 Å². The number of benzene rings is 2. The Morgan fingerprint density at radius 2 is 2.03 bits per heavy atom. The molecule has 1 unspecified atom stereocenters. The van der Waals surface area contributed by atoms with Gasteiger partial charge >= 0.3 is 0 Å². The molecule has 8 heteroatoms. The number of hydrogen-bond acceptors (Lipinski definition) is 5. The summed E-state index contributed by atoms with van der Waals surface area (Å²) in [5.41, 5.74) is 2.08.